The minimum absolute atomic E-state index is 0.0582. The van der Waals surface area contributed by atoms with Gasteiger partial charge in [0.1, 0.15) is 18.0 Å². The molecule has 0 aliphatic carbocycles. The van der Waals surface area contributed by atoms with Crippen LogP contribution in [0.1, 0.15) is 42.9 Å². The number of likely N-dealkylation sites (tertiary alicyclic amines) is 1. The van der Waals surface area contributed by atoms with Crippen LogP contribution < -0.4 is 10.1 Å². The fourth-order valence-electron chi connectivity index (χ4n) is 5.37. The molecule has 2 fully saturated rings. The highest BCUT2D eigenvalue weighted by atomic mass is 35.5. The molecule has 2 aliphatic heterocycles. The van der Waals surface area contributed by atoms with Gasteiger partial charge in [-0.3, -0.25) is 14.5 Å². The quantitative estimate of drug-likeness (QED) is 0.515. The zero-order valence-corrected chi connectivity index (χ0v) is 23.5. The number of rotatable bonds is 8. The van der Waals surface area contributed by atoms with Crippen molar-refractivity contribution in [3.63, 3.8) is 0 Å². The van der Waals surface area contributed by atoms with E-state index in [2.05, 4.69) is 5.32 Å². The van der Waals surface area contributed by atoms with Crippen molar-refractivity contribution in [2.24, 2.45) is 0 Å². The number of halogens is 3. The minimum atomic E-state index is -0.991. The number of benzene rings is 2. The summed E-state index contributed by atoms with van der Waals surface area (Å²) in [7, 11) is 0. The third-order valence-electron chi connectivity index (χ3n) is 7.39. The zero-order chi connectivity index (χ0) is 28.2. The molecular weight excluding hydrogens is 528 g/mol. The number of nitrogens with one attached hydrogen (secondary N) is 1. The second kappa shape index (κ2) is 12.6. The Morgan fingerprint density at radius 3 is 2.51 bits per heavy atom. The molecule has 2 heterocycles. The molecule has 2 amide bonds. The number of ether oxygens (including phenoxy) is 2. The van der Waals surface area contributed by atoms with Gasteiger partial charge in [-0.1, -0.05) is 23.7 Å². The van der Waals surface area contributed by atoms with Gasteiger partial charge in [0.05, 0.1) is 13.0 Å². The van der Waals surface area contributed by atoms with Crippen LogP contribution in [0.5, 0.6) is 5.75 Å². The predicted molar refractivity (Wildman–Crippen MR) is 145 cm³/mol. The summed E-state index contributed by atoms with van der Waals surface area (Å²) >= 11 is 6.32. The highest BCUT2D eigenvalue weighted by Crippen LogP contribution is 2.30. The molecule has 7 nitrogen and oxygen atoms in total. The van der Waals surface area contributed by atoms with Crippen molar-refractivity contribution >= 4 is 23.4 Å². The van der Waals surface area contributed by atoms with Gasteiger partial charge in [0, 0.05) is 56.3 Å². The van der Waals surface area contributed by atoms with Gasteiger partial charge in [-0.05, 0) is 56.0 Å². The molecule has 39 heavy (non-hydrogen) atoms. The molecule has 0 bridgehead atoms. The largest absolute Gasteiger partial charge is 0.490 e. The first-order valence-electron chi connectivity index (χ1n) is 13.3. The highest BCUT2D eigenvalue weighted by Gasteiger charge is 2.41. The van der Waals surface area contributed by atoms with Crippen molar-refractivity contribution in [3.8, 4) is 5.75 Å². The van der Waals surface area contributed by atoms with Gasteiger partial charge in [-0.25, -0.2) is 8.78 Å². The van der Waals surface area contributed by atoms with Gasteiger partial charge in [0.15, 0.2) is 11.6 Å². The van der Waals surface area contributed by atoms with Crippen LogP contribution in [0.2, 0.25) is 5.02 Å². The normalized spacial score (nSPS) is 20.6. The Kier molecular flexibility index (Phi) is 9.46. The predicted octanol–water partition coefficient (Wildman–Crippen LogP) is 4.40. The van der Waals surface area contributed by atoms with E-state index in [1.165, 1.54) is 13.0 Å². The Hall–Kier alpha value is -2.75. The average Bonchev–Trinajstić information content (AvgIpc) is 2.89. The molecule has 0 unspecified atom stereocenters. The highest BCUT2D eigenvalue weighted by molar-refractivity contribution is 6.32. The van der Waals surface area contributed by atoms with Crippen molar-refractivity contribution in [2.45, 2.75) is 58.2 Å². The molecule has 212 valence electrons. The summed E-state index contributed by atoms with van der Waals surface area (Å²) in [6.07, 6.45) is 1.44. The van der Waals surface area contributed by atoms with Gasteiger partial charge >= 0.3 is 0 Å². The molecule has 2 aliphatic rings. The summed E-state index contributed by atoms with van der Waals surface area (Å²) in [5.74, 6) is -1.27. The minimum Gasteiger partial charge on any atom is -0.490 e. The monoisotopic (exact) mass is 563 g/mol. The molecule has 2 saturated heterocycles. The Bertz CT molecular complexity index is 1180. The van der Waals surface area contributed by atoms with Crippen LogP contribution in [-0.4, -0.2) is 72.6 Å². The number of aryl methyl sites for hydroxylation is 2. The van der Waals surface area contributed by atoms with E-state index >= 15 is 0 Å². The van der Waals surface area contributed by atoms with Crippen LogP contribution >= 0.6 is 11.6 Å². The van der Waals surface area contributed by atoms with Crippen molar-refractivity contribution in [1.29, 1.82) is 0 Å². The SMILES string of the molecule is CC(=O)NC1CCN(C(=O)C[C@]2(COc3cc(C)c(Cl)c(C)c3)CN(Cc3cccc(F)c3F)CCO2)CC1. The third-order valence-corrected chi connectivity index (χ3v) is 7.99. The lowest BCUT2D eigenvalue weighted by Gasteiger charge is -2.43. The molecule has 0 saturated carbocycles. The molecule has 0 radical (unpaired) electrons. The number of carbonyl (C=O) groups excluding carboxylic acids is 2. The molecule has 10 heteroatoms. The fraction of sp³-hybridized carbons (Fsp3) is 0.517. The van der Waals surface area contributed by atoms with Crippen LogP contribution in [0, 0.1) is 25.5 Å². The summed E-state index contributed by atoms with van der Waals surface area (Å²) in [5.41, 5.74) is 1.02. The molecule has 0 spiro atoms. The van der Waals surface area contributed by atoms with E-state index in [1.807, 2.05) is 30.9 Å². The maximum atomic E-state index is 14.4. The Morgan fingerprint density at radius 2 is 1.85 bits per heavy atom. The molecular formula is C29H36ClF2N3O4. The van der Waals surface area contributed by atoms with Gasteiger partial charge < -0.3 is 19.7 Å². The first-order valence-corrected chi connectivity index (χ1v) is 13.7. The standard InChI is InChI=1S/C29H36ClF2N3O4/c1-19-13-24(14-20(2)27(19)30)38-18-29(15-26(37)35-9-7-23(8-10-35)33-21(3)36)17-34(11-12-39-29)16-22-5-4-6-25(31)28(22)32/h4-6,13-14,23H,7-12,15-18H2,1-3H3,(H,33,36)/t29-/m1/s1. The van der Waals surface area contributed by atoms with E-state index < -0.39 is 17.2 Å². The number of hydrogen-bond donors (Lipinski definition) is 1. The summed E-state index contributed by atoms with van der Waals surface area (Å²) in [6.45, 7) is 7.78. The zero-order valence-electron chi connectivity index (χ0n) is 22.7. The van der Waals surface area contributed by atoms with E-state index in [9.17, 15) is 18.4 Å². The summed E-state index contributed by atoms with van der Waals surface area (Å²) in [4.78, 5) is 28.7. The Morgan fingerprint density at radius 1 is 1.15 bits per heavy atom. The van der Waals surface area contributed by atoms with Crippen molar-refractivity contribution in [2.75, 3.05) is 39.4 Å². The lowest BCUT2D eigenvalue weighted by Crippen LogP contribution is -2.57. The fourth-order valence-corrected chi connectivity index (χ4v) is 5.48. The van der Waals surface area contributed by atoms with Gasteiger partial charge in [-0.2, -0.15) is 0 Å². The van der Waals surface area contributed by atoms with E-state index in [0.29, 0.717) is 56.4 Å². The Balaban J connectivity index is 1.50. The van der Waals surface area contributed by atoms with E-state index in [4.69, 9.17) is 21.1 Å². The smallest absolute Gasteiger partial charge is 0.225 e. The van der Waals surface area contributed by atoms with Gasteiger partial charge in [0.2, 0.25) is 11.8 Å². The third kappa shape index (κ3) is 7.47. The van der Waals surface area contributed by atoms with E-state index in [-0.39, 0.29) is 43.0 Å². The number of hydrogen-bond acceptors (Lipinski definition) is 5. The molecule has 0 aromatic heterocycles. The molecule has 2 aromatic rings. The average molecular weight is 564 g/mol. The Labute approximate surface area is 233 Å². The molecule has 4 rings (SSSR count). The lowest BCUT2D eigenvalue weighted by atomic mass is 9.95. The second-order valence-electron chi connectivity index (χ2n) is 10.6. The number of amides is 2. The molecule has 2 aromatic carbocycles. The molecule has 1 atom stereocenters. The first kappa shape index (κ1) is 29.2. The molecule has 1 N–H and O–H groups in total. The van der Waals surface area contributed by atoms with Gasteiger partial charge in [0.25, 0.3) is 0 Å². The van der Waals surface area contributed by atoms with Gasteiger partial charge in [-0.15, -0.1) is 0 Å². The number of carbonyl (C=O) groups is 2. The summed E-state index contributed by atoms with van der Waals surface area (Å²) in [6, 6.07) is 7.91. The number of nitrogens with zero attached hydrogens (tertiary/aromatic N) is 2. The summed E-state index contributed by atoms with van der Waals surface area (Å²) < 4.78 is 40.7. The van der Waals surface area contributed by atoms with Crippen molar-refractivity contribution < 1.29 is 27.8 Å². The van der Waals surface area contributed by atoms with E-state index in [1.54, 1.807) is 11.0 Å². The maximum Gasteiger partial charge on any atom is 0.225 e. The lowest BCUT2D eigenvalue weighted by molar-refractivity contribution is -0.157. The number of piperidine rings is 1. The van der Waals surface area contributed by atoms with Crippen LogP contribution in [-0.2, 0) is 20.9 Å². The van der Waals surface area contributed by atoms with E-state index in [0.717, 1.165) is 17.2 Å². The number of morpholine rings is 1. The first-order chi connectivity index (χ1) is 18.5. The van der Waals surface area contributed by atoms with Crippen LogP contribution in [0.3, 0.4) is 0 Å². The van der Waals surface area contributed by atoms with Crippen LogP contribution in [0.4, 0.5) is 8.78 Å². The van der Waals surface area contributed by atoms with Crippen molar-refractivity contribution in [1.82, 2.24) is 15.1 Å². The summed E-state index contributed by atoms with van der Waals surface area (Å²) in [5, 5.41) is 3.60. The van der Waals surface area contributed by atoms with Crippen molar-refractivity contribution in [3.05, 3.63) is 63.7 Å². The topological polar surface area (TPSA) is 71.1 Å². The second-order valence-corrected chi connectivity index (χ2v) is 11.0. The van der Waals surface area contributed by atoms with Crippen LogP contribution in [0.15, 0.2) is 30.3 Å². The van der Waals surface area contributed by atoms with Crippen LogP contribution in [0.25, 0.3) is 0 Å². The maximum absolute atomic E-state index is 14.4.